The maximum Gasteiger partial charge on any atom is 0.251 e. The van der Waals surface area contributed by atoms with Crippen LogP contribution in [0.5, 0.6) is 0 Å². The van der Waals surface area contributed by atoms with E-state index in [-0.39, 0.29) is 5.56 Å². The average Bonchev–Trinajstić information content (AvgIpc) is 2.20. The lowest BCUT2D eigenvalue weighted by Gasteiger charge is -2.11. The Morgan fingerprint density at radius 2 is 2.07 bits per heavy atom. The Hall–Kier alpha value is -1.57. The molecule has 14 heavy (non-hydrogen) atoms. The molecule has 0 aliphatic rings. The predicted molar refractivity (Wildman–Crippen MR) is 61.2 cm³/mol. The van der Waals surface area contributed by atoms with Gasteiger partial charge in [0.05, 0.1) is 5.69 Å². The van der Waals surface area contributed by atoms with Gasteiger partial charge in [-0.3, -0.25) is 4.79 Å². The van der Waals surface area contributed by atoms with E-state index >= 15 is 0 Å². The van der Waals surface area contributed by atoms with Crippen LogP contribution in [0.1, 0.15) is 23.7 Å². The third kappa shape index (κ3) is 1.55. The van der Waals surface area contributed by atoms with Gasteiger partial charge in [0.25, 0.3) is 5.56 Å². The molecule has 0 radical (unpaired) electrons. The minimum Gasteiger partial charge on any atom is -0.311 e. The Labute approximate surface area is 84.2 Å². The first-order chi connectivity index (χ1) is 6.65. The van der Waals surface area contributed by atoms with Crippen molar-refractivity contribution in [1.29, 1.82) is 0 Å². The van der Waals surface area contributed by atoms with E-state index in [0.29, 0.717) is 0 Å². The maximum absolute atomic E-state index is 11.5. The molecule has 0 unspecified atom stereocenters. The summed E-state index contributed by atoms with van der Waals surface area (Å²) >= 11 is 0. The second-order valence-corrected chi connectivity index (χ2v) is 3.13. The van der Waals surface area contributed by atoms with Crippen LogP contribution in [0.3, 0.4) is 0 Å². The monoisotopic (exact) mass is 189 g/mol. The van der Waals surface area contributed by atoms with E-state index in [1.165, 1.54) is 0 Å². The third-order valence-corrected chi connectivity index (χ3v) is 2.39. The van der Waals surface area contributed by atoms with Crippen molar-refractivity contribution in [3.05, 3.63) is 46.4 Å². The van der Waals surface area contributed by atoms with Crippen molar-refractivity contribution in [2.24, 2.45) is 7.05 Å². The van der Waals surface area contributed by atoms with Crippen LogP contribution in [0.25, 0.3) is 12.2 Å². The Morgan fingerprint density at radius 3 is 2.50 bits per heavy atom. The van der Waals surface area contributed by atoms with Crippen LogP contribution in [0.15, 0.2) is 24.0 Å². The van der Waals surface area contributed by atoms with Gasteiger partial charge in [-0.15, -0.1) is 0 Å². The fourth-order valence-electron chi connectivity index (χ4n) is 1.56. The van der Waals surface area contributed by atoms with Gasteiger partial charge in [0.2, 0.25) is 0 Å². The predicted octanol–water partition coefficient (Wildman–Crippen LogP) is 2.23. The Morgan fingerprint density at radius 1 is 1.43 bits per heavy atom. The van der Waals surface area contributed by atoms with E-state index in [1.807, 2.05) is 6.92 Å². The summed E-state index contributed by atoms with van der Waals surface area (Å²) in [6.07, 6.45) is 4.30. The third-order valence-electron chi connectivity index (χ3n) is 2.39. The molecule has 1 aromatic heterocycles. The number of pyridine rings is 1. The van der Waals surface area contributed by atoms with E-state index < -0.39 is 0 Å². The number of rotatable bonds is 3. The molecule has 1 aromatic rings. The largest absolute Gasteiger partial charge is 0.311 e. The van der Waals surface area contributed by atoms with Gasteiger partial charge in [-0.25, -0.2) is 0 Å². The van der Waals surface area contributed by atoms with Crippen LogP contribution in [0.4, 0.5) is 0 Å². The number of aromatic nitrogens is 1. The Kier molecular flexibility index (Phi) is 3.07. The summed E-state index contributed by atoms with van der Waals surface area (Å²) in [5.74, 6) is 0. The summed E-state index contributed by atoms with van der Waals surface area (Å²) in [6, 6.07) is 1.66. The van der Waals surface area contributed by atoms with Gasteiger partial charge in [0.15, 0.2) is 0 Å². The van der Waals surface area contributed by atoms with Crippen molar-refractivity contribution in [1.82, 2.24) is 4.57 Å². The van der Waals surface area contributed by atoms with E-state index in [4.69, 9.17) is 0 Å². The van der Waals surface area contributed by atoms with Crippen LogP contribution in [-0.4, -0.2) is 4.57 Å². The second-order valence-electron chi connectivity index (χ2n) is 3.13. The molecule has 0 saturated carbocycles. The van der Waals surface area contributed by atoms with Crippen LogP contribution < -0.4 is 5.56 Å². The molecular weight excluding hydrogens is 174 g/mol. The molecule has 0 aliphatic carbocycles. The highest BCUT2D eigenvalue weighted by Crippen LogP contribution is 2.15. The van der Waals surface area contributed by atoms with Gasteiger partial charge in [0, 0.05) is 18.7 Å². The Bertz CT molecular complexity index is 427. The van der Waals surface area contributed by atoms with E-state index in [0.717, 1.165) is 23.2 Å². The molecule has 0 N–H and O–H groups in total. The normalized spacial score (nSPS) is 9.86. The molecule has 0 saturated heterocycles. The molecule has 0 spiro atoms. The van der Waals surface area contributed by atoms with E-state index in [9.17, 15) is 4.79 Å². The minimum atomic E-state index is 0.00218. The number of nitrogens with zero attached hydrogens (tertiary/aromatic N) is 1. The highest BCUT2D eigenvalue weighted by Gasteiger charge is 2.06. The lowest BCUT2D eigenvalue weighted by atomic mass is 10.0. The van der Waals surface area contributed by atoms with Gasteiger partial charge in [0.1, 0.15) is 0 Å². The summed E-state index contributed by atoms with van der Waals surface area (Å²) in [7, 11) is 1.74. The second kappa shape index (κ2) is 4.09. The average molecular weight is 189 g/mol. The van der Waals surface area contributed by atoms with Crippen molar-refractivity contribution in [3.63, 3.8) is 0 Å². The quantitative estimate of drug-likeness (QED) is 0.714. The van der Waals surface area contributed by atoms with Gasteiger partial charge < -0.3 is 4.57 Å². The fourth-order valence-corrected chi connectivity index (χ4v) is 1.56. The summed E-state index contributed by atoms with van der Waals surface area (Å²) < 4.78 is 1.59. The number of hydrogen-bond acceptors (Lipinski definition) is 1. The highest BCUT2D eigenvalue weighted by molar-refractivity contribution is 5.63. The molecule has 0 bridgehead atoms. The van der Waals surface area contributed by atoms with Crippen LogP contribution in [0.2, 0.25) is 0 Å². The first-order valence-corrected chi connectivity index (χ1v) is 4.63. The molecule has 0 fully saturated rings. The van der Waals surface area contributed by atoms with Gasteiger partial charge in [-0.1, -0.05) is 26.2 Å². The Balaban J connectivity index is 3.66. The zero-order valence-corrected chi connectivity index (χ0v) is 8.71. The first kappa shape index (κ1) is 10.5. The summed E-state index contributed by atoms with van der Waals surface area (Å²) in [4.78, 5) is 11.5. The van der Waals surface area contributed by atoms with E-state index in [2.05, 4.69) is 13.2 Å². The topological polar surface area (TPSA) is 22.0 Å². The van der Waals surface area contributed by atoms with Gasteiger partial charge >= 0.3 is 0 Å². The van der Waals surface area contributed by atoms with Crippen LogP contribution in [-0.2, 0) is 13.5 Å². The van der Waals surface area contributed by atoms with Crippen molar-refractivity contribution in [2.75, 3.05) is 0 Å². The lowest BCUT2D eigenvalue weighted by Crippen LogP contribution is -2.20. The zero-order chi connectivity index (χ0) is 10.7. The molecule has 0 atom stereocenters. The molecule has 2 heteroatoms. The molecule has 74 valence electrons. The number of hydrogen-bond donors (Lipinski definition) is 0. The molecule has 0 aromatic carbocycles. The molecule has 0 aliphatic heterocycles. The zero-order valence-electron chi connectivity index (χ0n) is 8.71. The summed E-state index contributed by atoms with van der Waals surface area (Å²) in [6.45, 7) is 9.49. The van der Waals surface area contributed by atoms with Crippen molar-refractivity contribution in [2.45, 2.75) is 13.3 Å². The molecule has 1 heterocycles. The van der Waals surface area contributed by atoms with Gasteiger partial charge in [-0.2, -0.15) is 0 Å². The summed E-state index contributed by atoms with van der Waals surface area (Å²) in [5, 5.41) is 0. The van der Waals surface area contributed by atoms with Crippen molar-refractivity contribution >= 4 is 12.2 Å². The van der Waals surface area contributed by atoms with Crippen LogP contribution >= 0.6 is 0 Å². The molecular formula is C12H15NO. The molecule has 1 rings (SSSR count). The van der Waals surface area contributed by atoms with Crippen molar-refractivity contribution in [3.8, 4) is 0 Å². The first-order valence-electron chi connectivity index (χ1n) is 4.63. The SMILES string of the molecule is C=Cc1c(CC)cc(=O)n(C)c1C=C. The smallest absolute Gasteiger partial charge is 0.251 e. The van der Waals surface area contributed by atoms with E-state index in [1.54, 1.807) is 29.8 Å². The number of aryl methyl sites for hydroxylation is 1. The van der Waals surface area contributed by atoms with Gasteiger partial charge in [-0.05, 0) is 18.1 Å². The van der Waals surface area contributed by atoms with Crippen molar-refractivity contribution < 1.29 is 0 Å². The minimum absolute atomic E-state index is 0.00218. The summed E-state index contributed by atoms with van der Waals surface area (Å²) in [5.41, 5.74) is 2.87. The van der Waals surface area contributed by atoms with Crippen LogP contribution in [0, 0.1) is 0 Å². The highest BCUT2D eigenvalue weighted by atomic mass is 16.1. The lowest BCUT2D eigenvalue weighted by molar-refractivity contribution is 0.836. The standard InChI is InChI=1S/C12H15NO/c1-5-9-8-12(14)13(4)11(7-3)10(9)6-2/h6-8H,2-3,5H2,1,4H3. The fraction of sp³-hybridized carbons (Fsp3) is 0.250. The molecule has 0 amide bonds. The maximum atomic E-state index is 11.5. The molecule has 2 nitrogen and oxygen atoms in total.